The van der Waals surface area contributed by atoms with Crippen LogP contribution in [-0.4, -0.2) is 29.2 Å². The molecule has 16 heavy (non-hydrogen) atoms. The van der Waals surface area contributed by atoms with E-state index in [1.807, 2.05) is 11.8 Å². The van der Waals surface area contributed by atoms with Crippen molar-refractivity contribution < 1.29 is 28.1 Å². The second-order valence-electron chi connectivity index (χ2n) is 5.05. The van der Waals surface area contributed by atoms with E-state index < -0.39 is 0 Å². The van der Waals surface area contributed by atoms with Crippen molar-refractivity contribution in [1.29, 1.82) is 0 Å². The van der Waals surface area contributed by atoms with E-state index in [-0.39, 0.29) is 24.5 Å². The zero-order valence-corrected chi connectivity index (χ0v) is 11.4. The summed E-state index contributed by atoms with van der Waals surface area (Å²) in [5.41, 5.74) is 0. The van der Waals surface area contributed by atoms with E-state index >= 15 is 0 Å². The Morgan fingerprint density at radius 1 is 1.19 bits per heavy atom. The molecule has 0 aromatic carbocycles. The van der Waals surface area contributed by atoms with Crippen molar-refractivity contribution in [2.75, 3.05) is 6.54 Å². The molecule has 1 amide bonds. The quantitative estimate of drug-likeness (QED) is 0.718. The van der Waals surface area contributed by atoms with Crippen molar-refractivity contribution in [1.82, 2.24) is 4.90 Å². The molecule has 1 heterocycles. The number of likely N-dealkylation sites (tertiary alicyclic amines) is 1. The summed E-state index contributed by atoms with van der Waals surface area (Å²) in [5, 5.41) is 0. The minimum Gasteiger partial charge on any atom is -0.339 e. The summed E-state index contributed by atoms with van der Waals surface area (Å²) in [6, 6.07) is 0.320. The first-order valence-electron chi connectivity index (χ1n) is 5.91. The molecule has 1 saturated carbocycles. The first-order valence-corrected chi connectivity index (χ1v) is 5.91. The number of hydrogen-bond acceptors (Lipinski definition) is 2. The van der Waals surface area contributed by atoms with E-state index in [9.17, 15) is 9.59 Å². The minimum atomic E-state index is 0. The fourth-order valence-corrected chi connectivity index (χ4v) is 2.83. The smallest absolute Gasteiger partial charge is 0.225 e. The summed E-state index contributed by atoms with van der Waals surface area (Å²) in [4.78, 5) is 25.2. The van der Waals surface area contributed by atoms with Crippen LogP contribution in [0.2, 0.25) is 0 Å². The van der Waals surface area contributed by atoms with E-state index in [4.69, 9.17) is 0 Å². The molecule has 3 nitrogen and oxygen atoms in total. The molecule has 0 bridgehead atoms. The van der Waals surface area contributed by atoms with Crippen molar-refractivity contribution in [3.63, 3.8) is 0 Å². The zero-order valence-electron chi connectivity index (χ0n) is 9.98. The van der Waals surface area contributed by atoms with E-state index in [2.05, 4.69) is 6.92 Å². The van der Waals surface area contributed by atoms with Gasteiger partial charge in [-0.05, 0) is 18.8 Å². The van der Waals surface area contributed by atoms with E-state index in [1.54, 1.807) is 0 Å². The number of Topliss-reactive ketones (excluding diaryl/α,β-unsaturated/α-hetero) is 1. The molecule has 0 aromatic heterocycles. The van der Waals surface area contributed by atoms with Gasteiger partial charge >= 0.3 is 0 Å². The molecule has 0 spiro atoms. The van der Waals surface area contributed by atoms with Crippen LogP contribution in [0.4, 0.5) is 0 Å². The van der Waals surface area contributed by atoms with Gasteiger partial charge in [0.05, 0.1) is 0 Å². The summed E-state index contributed by atoms with van der Waals surface area (Å²) in [7, 11) is 0. The first kappa shape index (κ1) is 13.8. The van der Waals surface area contributed by atoms with Gasteiger partial charge in [-0.1, -0.05) is 13.8 Å². The Kier molecular flexibility index (Phi) is 4.63. The molecule has 89 valence electrons. The van der Waals surface area contributed by atoms with Crippen molar-refractivity contribution in [2.45, 2.75) is 45.6 Å². The third-order valence-electron chi connectivity index (χ3n) is 3.83. The van der Waals surface area contributed by atoms with Crippen molar-refractivity contribution in [3.05, 3.63) is 0 Å². The maximum absolute atomic E-state index is 11.9. The average Bonchev–Trinajstić information content (AvgIpc) is 2.49. The van der Waals surface area contributed by atoms with E-state index in [0.29, 0.717) is 36.5 Å². The average molecular weight is 260 g/mol. The molecule has 2 rings (SSSR count). The molecule has 3 atom stereocenters. The van der Waals surface area contributed by atoms with Gasteiger partial charge in [-0.3, -0.25) is 9.59 Å². The molecular weight excluding hydrogens is 241 g/mol. The number of hydrogen-bond donors (Lipinski definition) is 0. The van der Waals surface area contributed by atoms with Crippen LogP contribution in [0.25, 0.3) is 0 Å². The molecule has 2 fully saturated rings. The Morgan fingerprint density at radius 3 is 2.38 bits per heavy atom. The summed E-state index contributed by atoms with van der Waals surface area (Å²) in [5.74, 6) is 1.19. The summed E-state index contributed by atoms with van der Waals surface area (Å²) < 4.78 is 0. The van der Waals surface area contributed by atoms with Crippen LogP contribution in [0.1, 0.15) is 39.5 Å². The summed E-state index contributed by atoms with van der Waals surface area (Å²) in [6.45, 7) is 4.99. The van der Waals surface area contributed by atoms with Crippen LogP contribution in [0.5, 0.6) is 0 Å². The maximum Gasteiger partial charge on any atom is 0.225 e. The van der Waals surface area contributed by atoms with Gasteiger partial charge in [0.25, 0.3) is 0 Å². The predicted octanol–water partition coefficient (Wildman–Crippen LogP) is 1.61. The fraction of sp³-hybridized carbons (Fsp3) is 0.833. The Labute approximate surface area is 109 Å². The monoisotopic (exact) mass is 260 g/mol. The minimum absolute atomic E-state index is 0. The predicted molar refractivity (Wildman–Crippen MR) is 57.3 cm³/mol. The Balaban J connectivity index is 0.00000128. The Morgan fingerprint density at radius 2 is 1.88 bits per heavy atom. The summed E-state index contributed by atoms with van der Waals surface area (Å²) in [6.07, 6.45) is 3.17. The molecule has 1 radical (unpaired) electrons. The fourth-order valence-electron chi connectivity index (χ4n) is 2.83. The van der Waals surface area contributed by atoms with Crippen LogP contribution in [0.3, 0.4) is 0 Å². The SMILES string of the molecule is C[C@@H]1CC(=O)CC[C@@H]1N1CC[C@H](C)C1=O.[V]. The van der Waals surface area contributed by atoms with Gasteiger partial charge < -0.3 is 4.90 Å². The molecule has 0 aromatic rings. The van der Waals surface area contributed by atoms with Crippen LogP contribution >= 0.6 is 0 Å². The number of carbonyl (C=O) groups is 2. The number of amides is 1. The van der Waals surface area contributed by atoms with Crippen molar-refractivity contribution in [3.8, 4) is 0 Å². The maximum atomic E-state index is 11.9. The normalized spacial score (nSPS) is 35.1. The van der Waals surface area contributed by atoms with E-state index in [1.165, 1.54) is 0 Å². The van der Waals surface area contributed by atoms with Crippen LogP contribution in [-0.2, 0) is 28.1 Å². The summed E-state index contributed by atoms with van der Waals surface area (Å²) >= 11 is 0. The molecule has 0 unspecified atom stereocenters. The van der Waals surface area contributed by atoms with Crippen molar-refractivity contribution >= 4 is 11.7 Å². The second-order valence-corrected chi connectivity index (χ2v) is 5.05. The molecule has 1 saturated heterocycles. The standard InChI is InChI=1S/C12H19NO2.V/c1-8-5-6-13(12(8)15)11-4-3-10(14)7-9(11)2;/h8-9,11H,3-7H2,1-2H3;/t8-,9+,11-;/m0./s1. The number of rotatable bonds is 1. The number of nitrogens with zero attached hydrogens (tertiary/aromatic N) is 1. The van der Waals surface area contributed by atoms with Gasteiger partial charge in [-0.2, -0.15) is 0 Å². The van der Waals surface area contributed by atoms with E-state index in [0.717, 1.165) is 19.4 Å². The molecule has 4 heteroatoms. The Hall–Kier alpha value is -0.276. The van der Waals surface area contributed by atoms with Gasteiger partial charge in [0.2, 0.25) is 5.91 Å². The van der Waals surface area contributed by atoms with Gasteiger partial charge in [-0.15, -0.1) is 0 Å². The number of carbonyl (C=O) groups excluding carboxylic acids is 2. The number of ketones is 1. The van der Waals surface area contributed by atoms with Crippen LogP contribution < -0.4 is 0 Å². The molecule has 2 aliphatic rings. The van der Waals surface area contributed by atoms with Gasteiger partial charge in [0, 0.05) is 49.9 Å². The van der Waals surface area contributed by atoms with Crippen LogP contribution in [0, 0.1) is 11.8 Å². The zero-order chi connectivity index (χ0) is 11.0. The third kappa shape index (κ3) is 2.52. The van der Waals surface area contributed by atoms with Gasteiger partial charge in [0.15, 0.2) is 0 Å². The molecule has 1 aliphatic carbocycles. The molecule has 0 N–H and O–H groups in total. The third-order valence-corrected chi connectivity index (χ3v) is 3.83. The second kappa shape index (κ2) is 5.37. The molecular formula is C12H19NO2V. The molecule has 1 aliphatic heterocycles. The van der Waals surface area contributed by atoms with Crippen LogP contribution in [0.15, 0.2) is 0 Å². The largest absolute Gasteiger partial charge is 0.339 e. The van der Waals surface area contributed by atoms with Crippen molar-refractivity contribution in [2.24, 2.45) is 11.8 Å². The Bertz CT molecular complexity index is 293. The first-order chi connectivity index (χ1) is 7.09. The van der Waals surface area contributed by atoms with Gasteiger partial charge in [0.1, 0.15) is 5.78 Å². The van der Waals surface area contributed by atoms with Gasteiger partial charge in [-0.25, -0.2) is 0 Å². The topological polar surface area (TPSA) is 37.4 Å².